The molecule has 140 valence electrons. The number of morpholine rings is 1. The third-order valence-corrected chi connectivity index (χ3v) is 4.81. The molecule has 0 bridgehead atoms. The van der Waals surface area contributed by atoms with E-state index in [1.165, 1.54) is 0 Å². The number of thioether (sulfide) groups is 1. The van der Waals surface area contributed by atoms with Crippen molar-refractivity contribution in [2.45, 2.75) is 19.0 Å². The quantitative estimate of drug-likeness (QED) is 0.645. The molecule has 1 aliphatic heterocycles. The molecule has 1 aromatic carbocycles. The lowest BCUT2D eigenvalue weighted by Gasteiger charge is -2.26. The zero-order valence-corrected chi connectivity index (χ0v) is 15.7. The summed E-state index contributed by atoms with van der Waals surface area (Å²) in [6, 6.07) is 7.34. The molecule has 1 saturated heterocycles. The molecule has 0 saturated carbocycles. The number of benzene rings is 1. The SMILES string of the molecule is CSCC[C@H](N)C(=O)NCc1ccccc1OCCN1CCOCC1. The van der Waals surface area contributed by atoms with Crippen molar-refractivity contribution in [2.75, 3.05) is 51.5 Å². The molecule has 3 N–H and O–H groups in total. The number of nitrogens with two attached hydrogens (primary N) is 1. The van der Waals surface area contributed by atoms with Crippen LogP contribution in [0.2, 0.25) is 0 Å². The van der Waals surface area contributed by atoms with Crippen molar-refractivity contribution in [3.05, 3.63) is 29.8 Å². The summed E-state index contributed by atoms with van der Waals surface area (Å²) in [4.78, 5) is 14.4. The zero-order valence-electron chi connectivity index (χ0n) is 14.9. The van der Waals surface area contributed by atoms with Gasteiger partial charge >= 0.3 is 0 Å². The summed E-state index contributed by atoms with van der Waals surface area (Å²) < 4.78 is 11.3. The summed E-state index contributed by atoms with van der Waals surface area (Å²) in [5, 5.41) is 2.91. The highest BCUT2D eigenvalue weighted by Crippen LogP contribution is 2.18. The number of rotatable bonds is 10. The van der Waals surface area contributed by atoms with Crippen LogP contribution in [0.5, 0.6) is 5.75 Å². The predicted molar refractivity (Wildman–Crippen MR) is 102 cm³/mol. The number of hydrogen-bond donors (Lipinski definition) is 2. The summed E-state index contributed by atoms with van der Waals surface area (Å²) >= 11 is 1.69. The Morgan fingerprint density at radius 1 is 1.40 bits per heavy atom. The van der Waals surface area contributed by atoms with E-state index in [4.69, 9.17) is 15.2 Å². The number of carbonyl (C=O) groups excluding carboxylic acids is 1. The summed E-state index contributed by atoms with van der Waals surface area (Å²) in [5.74, 6) is 1.58. The molecule has 1 aliphatic rings. The van der Waals surface area contributed by atoms with Crippen molar-refractivity contribution in [2.24, 2.45) is 5.73 Å². The van der Waals surface area contributed by atoms with Crippen molar-refractivity contribution >= 4 is 17.7 Å². The molecular formula is C18H29N3O3S. The van der Waals surface area contributed by atoms with Crippen LogP contribution in [0.1, 0.15) is 12.0 Å². The van der Waals surface area contributed by atoms with Gasteiger partial charge in [-0.2, -0.15) is 11.8 Å². The molecular weight excluding hydrogens is 338 g/mol. The fourth-order valence-corrected chi connectivity index (χ4v) is 3.08. The maximum atomic E-state index is 12.0. The van der Waals surface area contributed by atoms with Crippen LogP contribution in [-0.2, 0) is 16.1 Å². The number of nitrogens with zero attached hydrogens (tertiary/aromatic N) is 1. The van der Waals surface area contributed by atoms with Crippen molar-refractivity contribution in [1.29, 1.82) is 0 Å². The van der Waals surface area contributed by atoms with Crippen molar-refractivity contribution in [3.8, 4) is 5.75 Å². The average Bonchev–Trinajstić information content (AvgIpc) is 2.66. The van der Waals surface area contributed by atoms with Crippen LogP contribution < -0.4 is 15.8 Å². The fraction of sp³-hybridized carbons (Fsp3) is 0.611. The molecule has 25 heavy (non-hydrogen) atoms. The normalized spacial score (nSPS) is 16.4. The van der Waals surface area contributed by atoms with E-state index in [1.54, 1.807) is 11.8 Å². The molecule has 6 nitrogen and oxygen atoms in total. The Labute approximate surface area is 154 Å². The first-order valence-electron chi connectivity index (χ1n) is 8.73. The monoisotopic (exact) mass is 367 g/mol. The predicted octanol–water partition coefficient (Wildman–Crippen LogP) is 1.09. The Kier molecular flexibility index (Phi) is 9.10. The second-order valence-electron chi connectivity index (χ2n) is 6.02. The fourth-order valence-electron chi connectivity index (χ4n) is 2.59. The number of hydrogen-bond acceptors (Lipinski definition) is 6. The third-order valence-electron chi connectivity index (χ3n) is 4.16. The Hall–Kier alpha value is -1.28. The van der Waals surface area contributed by atoms with Crippen molar-refractivity contribution in [3.63, 3.8) is 0 Å². The summed E-state index contributed by atoms with van der Waals surface area (Å²) in [5.41, 5.74) is 6.86. The van der Waals surface area contributed by atoms with Gasteiger partial charge in [0.15, 0.2) is 0 Å². The smallest absolute Gasteiger partial charge is 0.237 e. The third kappa shape index (κ3) is 7.23. The maximum Gasteiger partial charge on any atom is 0.237 e. The number of amides is 1. The largest absolute Gasteiger partial charge is 0.492 e. The second-order valence-corrected chi connectivity index (χ2v) is 7.00. The second kappa shape index (κ2) is 11.4. The van der Waals surface area contributed by atoms with Crippen LogP contribution in [0.4, 0.5) is 0 Å². The lowest BCUT2D eigenvalue weighted by atomic mass is 10.2. The molecule has 2 rings (SSSR count). The molecule has 1 fully saturated rings. The first kappa shape index (κ1) is 20.0. The zero-order chi connectivity index (χ0) is 17.9. The molecule has 0 unspecified atom stereocenters. The van der Waals surface area contributed by atoms with Gasteiger partial charge < -0.3 is 20.5 Å². The van der Waals surface area contributed by atoms with Crippen LogP contribution in [0.15, 0.2) is 24.3 Å². The lowest BCUT2D eigenvalue weighted by molar-refractivity contribution is -0.122. The van der Waals surface area contributed by atoms with Crippen molar-refractivity contribution in [1.82, 2.24) is 10.2 Å². The van der Waals surface area contributed by atoms with Gasteiger partial charge in [0.2, 0.25) is 5.91 Å². The van der Waals surface area contributed by atoms with Gasteiger partial charge in [-0.05, 0) is 24.5 Å². The highest BCUT2D eigenvalue weighted by atomic mass is 32.2. The van der Waals surface area contributed by atoms with Gasteiger partial charge in [-0.3, -0.25) is 9.69 Å². The van der Waals surface area contributed by atoms with Crippen LogP contribution >= 0.6 is 11.8 Å². The van der Waals surface area contributed by atoms with Gasteiger partial charge in [0.25, 0.3) is 0 Å². The maximum absolute atomic E-state index is 12.0. The van der Waals surface area contributed by atoms with Crippen molar-refractivity contribution < 1.29 is 14.3 Å². The highest BCUT2D eigenvalue weighted by Gasteiger charge is 2.14. The summed E-state index contributed by atoms with van der Waals surface area (Å²) in [6.45, 7) is 5.42. The Bertz CT molecular complexity index is 524. The highest BCUT2D eigenvalue weighted by molar-refractivity contribution is 7.98. The molecule has 0 aromatic heterocycles. The van der Waals surface area contributed by atoms with Gasteiger partial charge in [-0.1, -0.05) is 18.2 Å². The van der Waals surface area contributed by atoms with Gasteiger partial charge in [0.05, 0.1) is 19.3 Å². The van der Waals surface area contributed by atoms with Crippen LogP contribution in [0, 0.1) is 0 Å². The van der Waals surface area contributed by atoms with Gasteiger partial charge in [-0.25, -0.2) is 0 Å². The Morgan fingerprint density at radius 3 is 2.92 bits per heavy atom. The topological polar surface area (TPSA) is 76.8 Å². The standard InChI is InChI=1S/C18H29N3O3S/c1-25-13-6-16(19)18(22)20-14-15-4-2-3-5-17(15)24-12-9-21-7-10-23-11-8-21/h2-5,16H,6-14,19H2,1H3,(H,20,22)/t16-/m0/s1. The summed E-state index contributed by atoms with van der Waals surface area (Å²) in [6.07, 6.45) is 2.69. The van der Waals surface area contributed by atoms with Gasteiger partial charge in [0, 0.05) is 31.7 Å². The lowest BCUT2D eigenvalue weighted by Crippen LogP contribution is -2.40. The van der Waals surface area contributed by atoms with Gasteiger partial charge in [-0.15, -0.1) is 0 Å². The molecule has 1 aromatic rings. The van der Waals surface area contributed by atoms with E-state index in [2.05, 4.69) is 10.2 Å². The van der Waals surface area contributed by atoms with E-state index in [0.29, 0.717) is 19.6 Å². The first-order valence-corrected chi connectivity index (χ1v) is 10.1. The number of para-hydroxylation sites is 1. The Morgan fingerprint density at radius 2 is 2.16 bits per heavy atom. The number of ether oxygens (including phenoxy) is 2. The Balaban J connectivity index is 1.77. The summed E-state index contributed by atoms with van der Waals surface area (Å²) in [7, 11) is 0. The van der Waals surface area contributed by atoms with Crippen LogP contribution in [-0.4, -0.2) is 68.3 Å². The van der Waals surface area contributed by atoms with Crippen LogP contribution in [0.3, 0.4) is 0 Å². The van der Waals surface area contributed by atoms with E-state index < -0.39 is 6.04 Å². The van der Waals surface area contributed by atoms with E-state index in [-0.39, 0.29) is 5.91 Å². The number of carbonyl (C=O) groups is 1. The molecule has 0 spiro atoms. The van der Waals surface area contributed by atoms with E-state index >= 15 is 0 Å². The molecule has 0 radical (unpaired) electrons. The molecule has 1 heterocycles. The minimum atomic E-state index is -0.457. The molecule has 1 amide bonds. The van der Waals surface area contributed by atoms with E-state index in [9.17, 15) is 4.79 Å². The van der Waals surface area contributed by atoms with E-state index in [0.717, 1.165) is 49.9 Å². The first-order chi connectivity index (χ1) is 12.2. The van der Waals surface area contributed by atoms with Crippen LogP contribution in [0.25, 0.3) is 0 Å². The molecule has 1 atom stereocenters. The van der Waals surface area contributed by atoms with E-state index in [1.807, 2.05) is 30.5 Å². The van der Waals surface area contributed by atoms with Gasteiger partial charge in [0.1, 0.15) is 12.4 Å². The minimum absolute atomic E-state index is 0.114. The molecule has 0 aliphatic carbocycles. The average molecular weight is 368 g/mol. The number of nitrogens with one attached hydrogen (secondary N) is 1. The molecule has 7 heteroatoms. The minimum Gasteiger partial charge on any atom is -0.492 e.